The quantitative estimate of drug-likeness (QED) is 0.928. The van der Waals surface area contributed by atoms with E-state index in [4.69, 9.17) is 11.6 Å². The zero-order valence-corrected chi connectivity index (χ0v) is 13.3. The highest BCUT2D eigenvalue weighted by molar-refractivity contribution is 6.31. The van der Waals surface area contributed by atoms with E-state index in [0.29, 0.717) is 5.02 Å². The van der Waals surface area contributed by atoms with Crippen molar-refractivity contribution in [3.63, 3.8) is 0 Å². The van der Waals surface area contributed by atoms with Crippen LogP contribution in [-0.4, -0.2) is 21.9 Å². The Hall–Kier alpha value is -1.32. The minimum Gasteiger partial charge on any atom is -0.310 e. The van der Waals surface area contributed by atoms with Crippen LogP contribution in [0.1, 0.15) is 38.1 Å². The van der Waals surface area contributed by atoms with E-state index in [1.165, 1.54) is 5.56 Å². The first-order valence-electron chi connectivity index (χ1n) is 6.88. The largest absolute Gasteiger partial charge is 0.310 e. The van der Waals surface area contributed by atoms with Crippen molar-refractivity contribution in [3.05, 3.63) is 52.8 Å². The summed E-state index contributed by atoms with van der Waals surface area (Å²) >= 11 is 6.15. The first-order valence-corrected chi connectivity index (χ1v) is 7.26. The normalized spacial score (nSPS) is 13.4. The maximum atomic E-state index is 6.15. The van der Waals surface area contributed by atoms with Gasteiger partial charge in [0.1, 0.15) is 0 Å². The van der Waals surface area contributed by atoms with Gasteiger partial charge in [0.25, 0.3) is 0 Å². The number of rotatable bonds is 4. The fraction of sp³-hybridized carbons (Fsp3) is 0.438. The van der Waals surface area contributed by atoms with E-state index in [0.717, 1.165) is 12.2 Å². The summed E-state index contributed by atoms with van der Waals surface area (Å²) in [6.45, 7) is 9.23. The molecule has 3 nitrogen and oxygen atoms in total. The average Bonchev–Trinajstić information content (AvgIpc) is 2.69. The van der Waals surface area contributed by atoms with E-state index in [9.17, 15) is 0 Å². The van der Waals surface area contributed by atoms with Crippen LogP contribution in [0.25, 0.3) is 0 Å². The molecule has 1 heterocycles. The van der Waals surface area contributed by atoms with Gasteiger partial charge in [-0.2, -0.15) is 5.10 Å². The second kappa shape index (κ2) is 5.98. The van der Waals surface area contributed by atoms with Gasteiger partial charge in [-0.25, -0.2) is 0 Å². The van der Waals surface area contributed by atoms with Crippen molar-refractivity contribution < 1.29 is 0 Å². The molecule has 2 rings (SSSR count). The molecular formula is C16H22ClN3. The van der Waals surface area contributed by atoms with Gasteiger partial charge in [0.05, 0.1) is 16.8 Å². The molecule has 20 heavy (non-hydrogen) atoms. The minimum atomic E-state index is 0.0685. The smallest absolute Gasteiger partial charge is 0.0893 e. The molecule has 1 N–H and O–H groups in total. The Kier molecular flexibility index (Phi) is 4.51. The van der Waals surface area contributed by atoms with Crippen LogP contribution in [-0.2, 0) is 0 Å². The molecule has 0 aliphatic heterocycles. The predicted molar refractivity (Wildman–Crippen MR) is 84.3 cm³/mol. The summed E-state index contributed by atoms with van der Waals surface area (Å²) in [5.41, 5.74) is 2.16. The van der Waals surface area contributed by atoms with Gasteiger partial charge in [-0.15, -0.1) is 0 Å². The highest BCUT2D eigenvalue weighted by atomic mass is 35.5. The fourth-order valence-corrected chi connectivity index (χ4v) is 2.20. The molecule has 0 spiro atoms. The van der Waals surface area contributed by atoms with E-state index in [1.54, 1.807) is 0 Å². The lowest BCUT2D eigenvalue weighted by Gasteiger charge is -2.26. The van der Waals surface area contributed by atoms with Crippen LogP contribution in [0, 0.1) is 6.92 Å². The Morgan fingerprint density at radius 2 is 1.90 bits per heavy atom. The third kappa shape index (κ3) is 3.84. The number of aryl methyl sites for hydroxylation is 1. The molecule has 1 unspecified atom stereocenters. The fourth-order valence-electron chi connectivity index (χ4n) is 2.06. The molecule has 0 aliphatic rings. The highest BCUT2D eigenvalue weighted by Gasteiger charge is 2.19. The second-order valence-corrected chi connectivity index (χ2v) is 6.51. The standard InChI is InChI=1S/C16H22ClN3/c1-12-14(17)11-20(19-12)15(10-18-16(2,3)4)13-8-6-5-7-9-13/h5-9,11,15,18H,10H2,1-4H3. The number of nitrogens with one attached hydrogen (secondary N) is 1. The Bertz CT molecular complexity index is 535. The SMILES string of the molecule is Cc1nn(C(CNC(C)(C)C)c2ccccc2)cc1Cl. The first kappa shape index (κ1) is 15.1. The molecule has 4 heteroatoms. The molecule has 1 atom stereocenters. The lowest BCUT2D eigenvalue weighted by atomic mass is 10.0. The zero-order chi connectivity index (χ0) is 14.8. The summed E-state index contributed by atoms with van der Waals surface area (Å²) < 4.78 is 1.95. The summed E-state index contributed by atoms with van der Waals surface area (Å²) in [4.78, 5) is 0. The van der Waals surface area contributed by atoms with Gasteiger partial charge >= 0.3 is 0 Å². The third-order valence-electron chi connectivity index (χ3n) is 3.19. The van der Waals surface area contributed by atoms with Crippen LogP contribution in [0.5, 0.6) is 0 Å². The van der Waals surface area contributed by atoms with E-state index in [2.05, 4.69) is 55.5 Å². The molecule has 0 aliphatic carbocycles. The molecule has 1 aromatic carbocycles. The van der Waals surface area contributed by atoms with E-state index >= 15 is 0 Å². The van der Waals surface area contributed by atoms with Crippen molar-refractivity contribution in [1.29, 1.82) is 0 Å². The van der Waals surface area contributed by atoms with Crippen molar-refractivity contribution in [2.75, 3.05) is 6.54 Å². The van der Waals surface area contributed by atoms with Crippen LogP contribution in [0.4, 0.5) is 0 Å². The van der Waals surface area contributed by atoms with Crippen LogP contribution in [0.15, 0.2) is 36.5 Å². The Balaban J connectivity index is 2.29. The molecule has 1 aromatic heterocycles. The number of nitrogens with zero attached hydrogens (tertiary/aromatic N) is 2. The van der Waals surface area contributed by atoms with Crippen molar-refractivity contribution in [2.24, 2.45) is 0 Å². The van der Waals surface area contributed by atoms with Crippen molar-refractivity contribution in [3.8, 4) is 0 Å². The number of halogens is 1. The van der Waals surface area contributed by atoms with Gasteiger partial charge in [-0.1, -0.05) is 41.9 Å². The number of benzene rings is 1. The summed E-state index contributed by atoms with van der Waals surface area (Å²) in [6.07, 6.45) is 1.90. The third-order valence-corrected chi connectivity index (χ3v) is 3.56. The van der Waals surface area contributed by atoms with Gasteiger partial charge in [0.15, 0.2) is 0 Å². The Morgan fingerprint density at radius 1 is 1.25 bits per heavy atom. The van der Waals surface area contributed by atoms with Crippen molar-refractivity contribution in [1.82, 2.24) is 15.1 Å². The summed E-state index contributed by atoms with van der Waals surface area (Å²) in [5, 5.41) is 8.79. The van der Waals surface area contributed by atoms with Crippen LogP contribution >= 0.6 is 11.6 Å². The zero-order valence-electron chi connectivity index (χ0n) is 12.5. The van der Waals surface area contributed by atoms with Crippen LogP contribution in [0.3, 0.4) is 0 Å². The maximum absolute atomic E-state index is 6.15. The highest BCUT2D eigenvalue weighted by Crippen LogP contribution is 2.22. The molecule has 0 amide bonds. The molecule has 108 valence electrons. The summed E-state index contributed by atoms with van der Waals surface area (Å²) in [6, 6.07) is 10.5. The van der Waals surface area contributed by atoms with E-state index in [1.807, 2.05) is 23.9 Å². The Labute approximate surface area is 126 Å². The predicted octanol–water partition coefficient (Wildman–Crippen LogP) is 3.82. The van der Waals surface area contributed by atoms with Crippen molar-refractivity contribution >= 4 is 11.6 Å². The summed E-state index contributed by atoms with van der Waals surface area (Å²) in [5.74, 6) is 0. The number of aromatic nitrogens is 2. The van der Waals surface area contributed by atoms with Crippen LogP contribution < -0.4 is 5.32 Å². The minimum absolute atomic E-state index is 0.0685. The lowest BCUT2D eigenvalue weighted by Crippen LogP contribution is -2.40. The van der Waals surface area contributed by atoms with E-state index < -0.39 is 0 Å². The van der Waals surface area contributed by atoms with Gasteiger partial charge in [0.2, 0.25) is 0 Å². The van der Waals surface area contributed by atoms with Crippen molar-refractivity contribution in [2.45, 2.75) is 39.3 Å². The summed E-state index contributed by atoms with van der Waals surface area (Å²) in [7, 11) is 0. The average molecular weight is 292 g/mol. The van der Waals surface area contributed by atoms with E-state index in [-0.39, 0.29) is 11.6 Å². The lowest BCUT2D eigenvalue weighted by molar-refractivity contribution is 0.377. The molecule has 2 aromatic rings. The van der Waals surface area contributed by atoms with Gasteiger partial charge in [0, 0.05) is 18.3 Å². The molecule has 0 bridgehead atoms. The molecule has 0 saturated heterocycles. The van der Waals surface area contributed by atoms with Gasteiger partial charge in [-0.3, -0.25) is 4.68 Å². The molecular weight excluding hydrogens is 270 g/mol. The first-order chi connectivity index (χ1) is 9.37. The molecule has 0 fully saturated rings. The number of hydrogen-bond donors (Lipinski definition) is 1. The molecule has 0 saturated carbocycles. The molecule has 0 radical (unpaired) electrons. The Morgan fingerprint density at radius 3 is 2.40 bits per heavy atom. The number of hydrogen-bond acceptors (Lipinski definition) is 2. The van der Waals surface area contributed by atoms with Crippen LogP contribution in [0.2, 0.25) is 5.02 Å². The van der Waals surface area contributed by atoms with Gasteiger partial charge in [-0.05, 0) is 33.3 Å². The maximum Gasteiger partial charge on any atom is 0.0893 e. The van der Waals surface area contributed by atoms with Gasteiger partial charge < -0.3 is 5.32 Å². The topological polar surface area (TPSA) is 29.9 Å². The second-order valence-electron chi connectivity index (χ2n) is 6.10. The monoisotopic (exact) mass is 291 g/mol.